The molecule has 18 heavy (non-hydrogen) atoms. The average Bonchev–Trinajstić information content (AvgIpc) is 2.38. The Balaban J connectivity index is 3.36. The summed E-state index contributed by atoms with van der Waals surface area (Å²) in [6.07, 6.45) is 0. The highest BCUT2D eigenvalue weighted by Crippen LogP contribution is 2.25. The number of nitrogens with zero attached hydrogens (tertiary/aromatic N) is 1. The van der Waals surface area contributed by atoms with Gasteiger partial charge in [0, 0.05) is 4.47 Å². The van der Waals surface area contributed by atoms with Gasteiger partial charge < -0.3 is 9.47 Å². The number of rotatable bonds is 3. The molecule has 0 fully saturated rings. The molecule has 0 aliphatic rings. The van der Waals surface area contributed by atoms with Gasteiger partial charge in [-0.25, -0.2) is 4.79 Å². The summed E-state index contributed by atoms with van der Waals surface area (Å²) in [4.78, 5) is 23.1. The fourth-order valence-corrected chi connectivity index (χ4v) is 1.81. The maximum Gasteiger partial charge on any atom is 0.338 e. The van der Waals surface area contributed by atoms with Crippen LogP contribution in [-0.4, -0.2) is 26.2 Å². The van der Waals surface area contributed by atoms with Crippen LogP contribution in [0.25, 0.3) is 0 Å². The lowest BCUT2D eigenvalue weighted by atomic mass is 9.95. The van der Waals surface area contributed by atoms with Crippen LogP contribution in [0.3, 0.4) is 0 Å². The molecule has 1 aromatic rings. The van der Waals surface area contributed by atoms with Crippen molar-refractivity contribution < 1.29 is 19.1 Å². The Kier molecular flexibility index (Phi) is 4.86. The van der Waals surface area contributed by atoms with Gasteiger partial charge in [-0.15, -0.1) is 0 Å². The zero-order valence-corrected chi connectivity index (χ0v) is 11.4. The van der Waals surface area contributed by atoms with E-state index >= 15 is 0 Å². The highest BCUT2D eigenvalue weighted by atomic mass is 79.9. The van der Waals surface area contributed by atoms with Crippen LogP contribution < -0.4 is 0 Å². The van der Waals surface area contributed by atoms with Gasteiger partial charge in [-0.1, -0.05) is 15.9 Å². The predicted molar refractivity (Wildman–Crippen MR) is 65.9 cm³/mol. The third kappa shape index (κ3) is 2.87. The Morgan fingerprint density at radius 2 is 2.00 bits per heavy atom. The Labute approximate surface area is 112 Å². The summed E-state index contributed by atoms with van der Waals surface area (Å²) < 4.78 is 9.79. The van der Waals surface area contributed by atoms with E-state index in [1.54, 1.807) is 6.07 Å². The van der Waals surface area contributed by atoms with Crippen LogP contribution in [-0.2, 0) is 14.3 Å². The number of methoxy groups -OCH3 is 2. The monoisotopic (exact) mass is 311 g/mol. The van der Waals surface area contributed by atoms with Crippen molar-refractivity contribution in [2.24, 2.45) is 0 Å². The molecule has 0 amide bonds. The fraction of sp³-hybridized carbons (Fsp3) is 0.250. The Morgan fingerprint density at radius 1 is 1.33 bits per heavy atom. The fourth-order valence-electron chi connectivity index (χ4n) is 1.44. The van der Waals surface area contributed by atoms with E-state index in [9.17, 15) is 9.59 Å². The molecule has 0 aliphatic carbocycles. The highest BCUT2D eigenvalue weighted by molar-refractivity contribution is 9.10. The van der Waals surface area contributed by atoms with Crippen LogP contribution in [0.2, 0.25) is 0 Å². The zero-order valence-electron chi connectivity index (χ0n) is 9.77. The summed E-state index contributed by atoms with van der Waals surface area (Å²) in [5.74, 6) is -2.50. The number of halogens is 1. The molecule has 5 nitrogen and oxygen atoms in total. The maximum atomic E-state index is 11.6. The Hall–Kier alpha value is -1.87. The molecule has 6 heteroatoms. The molecule has 1 aromatic carbocycles. The molecule has 0 N–H and O–H groups in total. The topological polar surface area (TPSA) is 76.4 Å². The minimum absolute atomic E-state index is 0.164. The summed E-state index contributed by atoms with van der Waals surface area (Å²) in [5.41, 5.74) is 0.420. The van der Waals surface area contributed by atoms with Crippen LogP contribution in [0.4, 0.5) is 0 Å². The van der Waals surface area contributed by atoms with Crippen LogP contribution in [0, 0.1) is 11.3 Å². The van der Waals surface area contributed by atoms with Crippen molar-refractivity contribution in [3.8, 4) is 6.07 Å². The van der Waals surface area contributed by atoms with Crippen molar-refractivity contribution in [1.29, 1.82) is 5.26 Å². The molecule has 94 valence electrons. The third-order valence-electron chi connectivity index (χ3n) is 2.30. The molecule has 0 saturated carbocycles. The van der Waals surface area contributed by atoms with E-state index < -0.39 is 17.9 Å². The van der Waals surface area contributed by atoms with E-state index in [1.165, 1.54) is 26.4 Å². The van der Waals surface area contributed by atoms with Gasteiger partial charge >= 0.3 is 11.9 Å². The van der Waals surface area contributed by atoms with Gasteiger partial charge in [0.1, 0.15) is 0 Å². The van der Waals surface area contributed by atoms with Gasteiger partial charge in [0.2, 0.25) is 0 Å². The Bertz CT molecular complexity index is 521. The van der Waals surface area contributed by atoms with Gasteiger partial charge in [0.05, 0.1) is 25.9 Å². The van der Waals surface area contributed by atoms with E-state index in [2.05, 4.69) is 25.4 Å². The minimum Gasteiger partial charge on any atom is -0.468 e. The summed E-state index contributed by atoms with van der Waals surface area (Å²) in [5, 5.41) is 9.03. The number of carbonyl (C=O) groups is 2. The standard InChI is InChI=1S/C12H10BrNO4/c1-17-11(15)8-4-3-7(13)5-9(8)10(6-14)12(16)18-2/h3-5,10H,1-2H3. The second-order valence-corrected chi connectivity index (χ2v) is 4.22. The van der Waals surface area contributed by atoms with Crippen molar-refractivity contribution in [2.45, 2.75) is 5.92 Å². The van der Waals surface area contributed by atoms with E-state index in [1.807, 2.05) is 6.07 Å². The first kappa shape index (κ1) is 14.2. The number of hydrogen-bond donors (Lipinski definition) is 0. The first-order valence-electron chi connectivity index (χ1n) is 4.90. The Morgan fingerprint density at radius 3 is 2.50 bits per heavy atom. The van der Waals surface area contributed by atoms with Gasteiger partial charge in [-0.05, 0) is 23.8 Å². The summed E-state index contributed by atoms with van der Waals surface area (Å²) in [6.45, 7) is 0. The quantitative estimate of drug-likeness (QED) is 0.798. The molecular formula is C12H10BrNO4. The first-order chi connectivity index (χ1) is 8.54. The SMILES string of the molecule is COC(=O)c1ccc(Br)cc1C(C#N)C(=O)OC. The summed E-state index contributed by atoms with van der Waals surface area (Å²) in [7, 11) is 2.41. The van der Waals surface area contributed by atoms with E-state index in [-0.39, 0.29) is 11.1 Å². The maximum absolute atomic E-state index is 11.6. The molecule has 0 radical (unpaired) electrons. The van der Waals surface area contributed by atoms with Crippen molar-refractivity contribution in [3.05, 3.63) is 33.8 Å². The van der Waals surface area contributed by atoms with Crippen molar-refractivity contribution >= 4 is 27.9 Å². The van der Waals surface area contributed by atoms with Gasteiger partial charge in [0.15, 0.2) is 5.92 Å². The lowest BCUT2D eigenvalue weighted by Gasteiger charge is -2.12. The summed E-state index contributed by atoms with van der Waals surface area (Å²) >= 11 is 3.22. The molecule has 0 aromatic heterocycles. The lowest BCUT2D eigenvalue weighted by Crippen LogP contribution is -2.16. The molecule has 0 heterocycles. The zero-order chi connectivity index (χ0) is 13.7. The summed E-state index contributed by atoms with van der Waals surface area (Å²) in [6, 6.07) is 6.45. The third-order valence-corrected chi connectivity index (χ3v) is 2.79. The molecule has 0 spiro atoms. The minimum atomic E-state index is -1.17. The molecule has 0 aliphatic heterocycles. The molecule has 1 atom stereocenters. The predicted octanol–water partition coefficient (Wildman–Crippen LogP) is 2.02. The number of nitriles is 1. The first-order valence-corrected chi connectivity index (χ1v) is 5.69. The molecule has 0 saturated heterocycles. The lowest BCUT2D eigenvalue weighted by molar-refractivity contribution is -0.141. The average molecular weight is 312 g/mol. The van der Waals surface area contributed by atoms with E-state index in [0.29, 0.717) is 4.47 Å². The normalized spacial score (nSPS) is 11.2. The second-order valence-electron chi connectivity index (χ2n) is 3.31. The van der Waals surface area contributed by atoms with Gasteiger partial charge in [-0.2, -0.15) is 5.26 Å². The van der Waals surface area contributed by atoms with Gasteiger partial charge in [0.25, 0.3) is 0 Å². The van der Waals surface area contributed by atoms with Crippen LogP contribution >= 0.6 is 15.9 Å². The van der Waals surface area contributed by atoms with Crippen LogP contribution in [0.5, 0.6) is 0 Å². The largest absolute Gasteiger partial charge is 0.468 e. The number of esters is 2. The van der Waals surface area contributed by atoms with Crippen molar-refractivity contribution in [2.75, 3.05) is 14.2 Å². The molecular weight excluding hydrogens is 302 g/mol. The van der Waals surface area contributed by atoms with Crippen molar-refractivity contribution in [1.82, 2.24) is 0 Å². The highest BCUT2D eigenvalue weighted by Gasteiger charge is 2.26. The van der Waals surface area contributed by atoms with E-state index in [0.717, 1.165) is 0 Å². The number of ether oxygens (including phenoxy) is 2. The van der Waals surface area contributed by atoms with Crippen molar-refractivity contribution in [3.63, 3.8) is 0 Å². The second kappa shape index (κ2) is 6.17. The molecule has 1 rings (SSSR count). The molecule has 1 unspecified atom stereocenters. The smallest absolute Gasteiger partial charge is 0.338 e. The number of carbonyl (C=O) groups excluding carboxylic acids is 2. The van der Waals surface area contributed by atoms with Crippen LogP contribution in [0.1, 0.15) is 21.8 Å². The number of hydrogen-bond acceptors (Lipinski definition) is 5. The van der Waals surface area contributed by atoms with E-state index in [4.69, 9.17) is 5.26 Å². The van der Waals surface area contributed by atoms with Crippen LogP contribution in [0.15, 0.2) is 22.7 Å². The van der Waals surface area contributed by atoms with Gasteiger partial charge in [-0.3, -0.25) is 4.79 Å². The molecule has 0 bridgehead atoms. The number of benzene rings is 1.